The lowest BCUT2D eigenvalue weighted by atomic mass is 10.1. The summed E-state index contributed by atoms with van der Waals surface area (Å²) in [7, 11) is 0. The summed E-state index contributed by atoms with van der Waals surface area (Å²) in [5.41, 5.74) is 0.908. The molecule has 0 aliphatic heterocycles. The van der Waals surface area contributed by atoms with Gasteiger partial charge in [0.15, 0.2) is 0 Å². The molecule has 0 spiro atoms. The molecule has 1 unspecified atom stereocenters. The molecule has 1 atom stereocenters. The van der Waals surface area contributed by atoms with Crippen LogP contribution in [0.2, 0.25) is 0 Å². The highest BCUT2D eigenvalue weighted by Gasteiger charge is 2.06. The van der Waals surface area contributed by atoms with Crippen LogP contribution in [0, 0.1) is 0 Å². The van der Waals surface area contributed by atoms with Crippen molar-refractivity contribution >= 4 is 0 Å². The van der Waals surface area contributed by atoms with E-state index in [0.29, 0.717) is 6.54 Å². The fraction of sp³-hybridized carbons (Fsp3) is 0.625. The number of hydrogen-bond acceptors (Lipinski definition) is 4. The average molecular weight is 281 g/mol. The minimum atomic E-state index is -0.484. The van der Waals surface area contributed by atoms with Gasteiger partial charge in [0.2, 0.25) is 0 Å². The third kappa shape index (κ3) is 6.89. The Morgan fingerprint density at radius 2 is 1.90 bits per heavy atom. The molecule has 114 valence electrons. The van der Waals surface area contributed by atoms with Crippen molar-refractivity contribution in [2.24, 2.45) is 0 Å². The number of ether oxygens (including phenoxy) is 2. The van der Waals surface area contributed by atoms with Crippen LogP contribution in [-0.2, 0) is 4.74 Å². The van der Waals surface area contributed by atoms with Gasteiger partial charge in [0, 0.05) is 19.8 Å². The van der Waals surface area contributed by atoms with Crippen LogP contribution in [0.5, 0.6) is 5.75 Å². The minimum absolute atomic E-state index is 0.484. The van der Waals surface area contributed by atoms with Gasteiger partial charge in [-0.2, -0.15) is 0 Å². The molecule has 1 aromatic carbocycles. The first-order valence-electron chi connectivity index (χ1n) is 7.47. The number of aliphatic hydroxyl groups is 1. The summed E-state index contributed by atoms with van der Waals surface area (Å²) in [5.74, 6) is 0.854. The van der Waals surface area contributed by atoms with E-state index in [2.05, 4.69) is 12.2 Å². The standard InChI is InChI=1S/C16H27NO3/c1-3-11-20-15-8-6-14(7-9-15)16(18)13-17-10-5-12-19-4-2/h6-9,16-18H,3-5,10-13H2,1-2H3. The summed E-state index contributed by atoms with van der Waals surface area (Å²) in [5, 5.41) is 13.3. The molecular formula is C16H27NO3. The van der Waals surface area contributed by atoms with Crippen molar-refractivity contribution in [1.82, 2.24) is 5.32 Å². The molecule has 0 fully saturated rings. The van der Waals surface area contributed by atoms with E-state index in [9.17, 15) is 5.11 Å². The molecule has 0 saturated carbocycles. The van der Waals surface area contributed by atoms with Crippen LogP contribution in [0.25, 0.3) is 0 Å². The molecule has 4 heteroatoms. The minimum Gasteiger partial charge on any atom is -0.494 e. The molecule has 0 heterocycles. The highest BCUT2D eigenvalue weighted by atomic mass is 16.5. The Morgan fingerprint density at radius 1 is 1.15 bits per heavy atom. The first kappa shape index (κ1) is 17.0. The van der Waals surface area contributed by atoms with Crippen LogP contribution in [0.1, 0.15) is 38.4 Å². The maximum absolute atomic E-state index is 10.1. The number of nitrogens with one attached hydrogen (secondary N) is 1. The fourth-order valence-electron chi connectivity index (χ4n) is 1.81. The summed E-state index contributed by atoms with van der Waals surface area (Å²) in [6.45, 7) is 7.73. The zero-order valence-electron chi connectivity index (χ0n) is 12.6. The summed E-state index contributed by atoms with van der Waals surface area (Å²) < 4.78 is 10.8. The molecule has 20 heavy (non-hydrogen) atoms. The Labute approximate surface area is 122 Å². The smallest absolute Gasteiger partial charge is 0.119 e. The second-order valence-corrected chi connectivity index (χ2v) is 4.69. The normalized spacial score (nSPS) is 12.3. The lowest BCUT2D eigenvalue weighted by molar-refractivity contribution is 0.141. The Kier molecular flexibility index (Phi) is 9.04. The van der Waals surface area contributed by atoms with Crippen molar-refractivity contribution in [3.63, 3.8) is 0 Å². The van der Waals surface area contributed by atoms with E-state index in [1.165, 1.54) is 0 Å². The van der Waals surface area contributed by atoms with Crippen molar-refractivity contribution in [2.45, 2.75) is 32.8 Å². The number of benzene rings is 1. The zero-order chi connectivity index (χ0) is 14.6. The lowest BCUT2D eigenvalue weighted by Gasteiger charge is -2.13. The summed E-state index contributed by atoms with van der Waals surface area (Å²) in [4.78, 5) is 0. The van der Waals surface area contributed by atoms with Gasteiger partial charge in [0.05, 0.1) is 12.7 Å². The quantitative estimate of drug-likeness (QED) is 0.612. The second kappa shape index (κ2) is 10.7. The Morgan fingerprint density at radius 3 is 2.55 bits per heavy atom. The predicted molar refractivity (Wildman–Crippen MR) is 81.2 cm³/mol. The van der Waals surface area contributed by atoms with Gasteiger partial charge in [0.1, 0.15) is 5.75 Å². The van der Waals surface area contributed by atoms with E-state index >= 15 is 0 Å². The number of aliphatic hydroxyl groups excluding tert-OH is 1. The van der Waals surface area contributed by atoms with Gasteiger partial charge in [-0.3, -0.25) is 0 Å². The Hall–Kier alpha value is -1.10. The molecule has 0 saturated heterocycles. The summed E-state index contributed by atoms with van der Waals surface area (Å²) >= 11 is 0. The van der Waals surface area contributed by atoms with Gasteiger partial charge >= 0.3 is 0 Å². The van der Waals surface area contributed by atoms with Crippen molar-refractivity contribution in [1.29, 1.82) is 0 Å². The molecule has 0 bridgehead atoms. The maximum Gasteiger partial charge on any atom is 0.119 e. The maximum atomic E-state index is 10.1. The first-order valence-corrected chi connectivity index (χ1v) is 7.47. The monoisotopic (exact) mass is 281 g/mol. The summed E-state index contributed by atoms with van der Waals surface area (Å²) in [6, 6.07) is 7.64. The largest absolute Gasteiger partial charge is 0.494 e. The SMILES string of the molecule is CCCOc1ccc(C(O)CNCCCOCC)cc1. The van der Waals surface area contributed by atoms with E-state index in [1.807, 2.05) is 31.2 Å². The van der Waals surface area contributed by atoms with Crippen LogP contribution in [-0.4, -0.2) is 38.0 Å². The van der Waals surface area contributed by atoms with Gasteiger partial charge < -0.3 is 19.9 Å². The van der Waals surface area contributed by atoms with Gasteiger partial charge in [-0.25, -0.2) is 0 Å². The van der Waals surface area contributed by atoms with Gasteiger partial charge in [-0.15, -0.1) is 0 Å². The molecular weight excluding hydrogens is 254 g/mol. The van der Waals surface area contributed by atoms with E-state index in [4.69, 9.17) is 9.47 Å². The fourth-order valence-corrected chi connectivity index (χ4v) is 1.81. The predicted octanol–water partition coefficient (Wildman–Crippen LogP) is 2.53. The summed E-state index contributed by atoms with van der Waals surface area (Å²) in [6.07, 6.45) is 1.47. The van der Waals surface area contributed by atoms with Gasteiger partial charge in [0.25, 0.3) is 0 Å². The van der Waals surface area contributed by atoms with Crippen LogP contribution >= 0.6 is 0 Å². The average Bonchev–Trinajstić information content (AvgIpc) is 2.49. The lowest BCUT2D eigenvalue weighted by Crippen LogP contribution is -2.23. The third-order valence-corrected chi connectivity index (χ3v) is 2.92. The van der Waals surface area contributed by atoms with Crippen LogP contribution in [0.4, 0.5) is 0 Å². The third-order valence-electron chi connectivity index (χ3n) is 2.92. The molecule has 1 rings (SSSR count). The number of rotatable bonds is 11. The zero-order valence-corrected chi connectivity index (χ0v) is 12.6. The van der Waals surface area contributed by atoms with Crippen molar-refractivity contribution in [2.75, 3.05) is 32.9 Å². The van der Waals surface area contributed by atoms with E-state index < -0.39 is 6.10 Å². The van der Waals surface area contributed by atoms with Crippen molar-refractivity contribution < 1.29 is 14.6 Å². The van der Waals surface area contributed by atoms with Crippen LogP contribution in [0.15, 0.2) is 24.3 Å². The topological polar surface area (TPSA) is 50.7 Å². The van der Waals surface area contributed by atoms with Crippen LogP contribution in [0.3, 0.4) is 0 Å². The number of hydrogen-bond donors (Lipinski definition) is 2. The van der Waals surface area contributed by atoms with Gasteiger partial charge in [-0.1, -0.05) is 19.1 Å². The highest BCUT2D eigenvalue weighted by Crippen LogP contribution is 2.17. The highest BCUT2D eigenvalue weighted by molar-refractivity contribution is 5.28. The van der Waals surface area contributed by atoms with Crippen molar-refractivity contribution in [3.05, 3.63) is 29.8 Å². The molecule has 2 N–H and O–H groups in total. The molecule has 0 aliphatic rings. The van der Waals surface area contributed by atoms with Gasteiger partial charge in [-0.05, 0) is 44.0 Å². The van der Waals surface area contributed by atoms with E-state index in [0.717, 1.165) is 50.5 Å². The molecule has 0 aliphatic carbocycles. The first-order chi connectivity index (χ1) is 9.77. The second-order valence-electron chi connectivity index (χ2n) is 4.69. The Balaban J connectivity index is 2.23. The molecule has 0 aromatic heterocycles. The molecule has 1 aromatic rings. The van der Waals surface area contributed by atoms with Crippen LogP contribution < -0.4 is 10.1 Å². The molecule has 0 amide bonds. The van der Waals surface area contributed by atoms with E-state index in [1.54, 1.807) is 0 Å². The Bertz CT molecular complexity index is 340. The van der Waals surface area contributed by atoms with E-state index in [-0.39, 0.29) is 0 Å². The van der Waals surface area contributed by atoms with Crippen molar-refractivity contribution in [3.8, 4) is 5.75 Å². The molecule has 0 radical (unpaired) electrons. The molecule has 4 nitrogen and oxygen atoms in total.